The Morgan fingerprint density at radius 1 is 1.69 bits per heavy atom. The molecular weight excluding hydrogens is 206 g/mol. The summed E-state index contributed by atoms with van der Waals surface area (Å²) in [5, 5.41) is 6.40. The van der Waals surface area contributed by atoms with Crippen LogP contribution in [0.1, 0.15) is 30.3 Å². The van der Waals surface area contributed by atoms with E-state index in [0.717, 1.165) is 6.42 Å². The third-order valence-corrected chi connectivity index (χ3v) is 3.04. The molecule has 0 aliphatic carbocycles. The summed E-state index contributed by atoms with van der Waals surface area (Å²) in [7, 11) is 0. The van der Waals surface area contributed by atoms with Crippen LogP contribution in [0.15, 0.2) is 12.3 Å². The third kappa shape index (κ3) is 1.98. The van der Waals surface area contributed by atoms with Gasteiger partial charge in [0.15, 0.2) is 0 Å². The molecule has 1 unspecified atom stereocenters. The Labute approximate surface area is 93.8 Å². The number of aromatic nitrogens is 2. The molecule has 0 aromatic carbocycles. The highest BCUT2D eigenvalue weighted by molar-refractivity contribution is 5.94. The van der Waals surface area contributed by atoms with Gasteiger partial charge in [-0.05, 0) is 12.5 Å². The van der Waals surface area contributed by atoms with Crippen molar-refractivity contribution in [2.24, 2.45) is 5.92 Å². The smallest absolute Gasteiger partial charge is 0.271 e. The van der Waals surface area contributed by atoms with Gasteiger partial charge in [-0.2, -0.15) is 5.10 Å². The summed E-state index contributed by atoms with van der Waals surface area (Å²) in [6.07, 6.45) is 2.82. The zero-order valence-electron chi connectivity index (χ0n) is 9.27. The van der Waals surface area contributed by atoms with Crippen molar-refractivity contribution < 1.29 is 9.59 Å². The Morgan fingerprint density at radius 2 is 2.50 bits per heavy atom. The topological polar surface area (TPSA) is 66.1 Å². The van der Waals surface area contributed by atoms with Crippen LogP contribution >= 0.6 is 0 Å². The molecule has 5 heteroatoms. The summed E-state index contributed by atoms with van der Waals surface area (Å²) in [4.78, 5) is 25.2. The largest absolute Gasteiger partial charge is 0.336 e. The summed E-state index contributed by atoms with van der Waals surface area (Å²) >= 11 is 0. The van der Waals surface area contributed by atoms with E-state index < -0.39 is 0 Å². The van der Waals surface area contributed by atoms with E-state index in [0.29, 0.717) is 25.2 Å². The maximum Gasteiger partial charge on any atom is 0.271 e. The van der Waals surface area contributed by atoms with Gasteiger partial charge in [-0.15, -0.1) is 0 Å². The number of Topliss-reactive ketones (excluding diaryl/α,β-unsaturated/α-hetero) is 1. The van der Waals surface area contributed by atoms with E-state index in [-0.39, 0.29) is 17.6 Å². The number of carbonyl (C=O) groups is 2. The van der Waals surface area contributed by atoms with Crippen LogP contribution in [0.25, 0.3) is 0 Å². The van der Waals surface area contributed by atoms with E-state index in [4.69, 9.17) is 0 Å². The highest BCUT2D eigenvalue weighted by Crippen LogP contribution is 2.17. The predicted octanol–water partition coefficient (Wildman–Crippen LogP) is 0.851. The first-order chi connectivity index (χ1) is 7.72. The molecule has 1 aromatic heterocycles. The van der Waals surface area contributed by atoms with Crippen molar-refractivity contribution in [1.29, 1.82) is 0 Å². The molecule has 1 amide bonds. The standard InChI is InChI=1S/C11H15N3O2/c1-2-8-7-14(6-4-10(8)15)11(16)9-3-5-12-13-9/h3,5,8H,2,4,6-7H2,1H3,(H,12,13). The van der Waals surface area contributed by atoms with Gasteiger partial charge in [0, 0.05) is 31.6 Å². The lowest BCUT2D eigenvalue weighted by Gasteiger charge is -2.30. The fourth-order valence-electron chi connectivity index (χ4n) is 1.99. The monoisotopic (exact) mass is 221 g/mol. The molecule has 1 atom stereocenters. The second kappa shape index (κ2) is 4.47. The lowest BCUT2D eigenvalue weighted by atomic mass is 9.94. The first kappa shape index (κ1) is 10.9. The number of hydrogen-bond donors (Lipinski definition) is 1. The first-order valence-electron chi connectivity index (χ1n) is 5.53. The number of rotatable bonds is 2. The maximum atomic E-state index is 12.0. The first-order valence-corrected chi connectivity index (χ1v) is 5.53. The highest BCUT2D eigenvalue weighted by Gasteiger charge is 2.29. The van der Waals surface area contributed by atoms with Crippen LogP contribution in [-0.2, 0) is 4.79 Å². The summed E-state index contributed by atoms with van der Waals surface area (Å²) < 4.78 is 0. The van der Waals surface area contributed by atoms with Crippen molar-refractivity contribution in [3.63, 3.8) is 0 Å². The Kier molecular flexibility index (Phi) is 3.03. The minimum absolute atomic E-state index is 0.000575. The Balaban J connectivity index is 2.06. The average molecular weight is 221 g/mol. The molecule has 0 saturated carbocycles. The van der Waals surface area contributed by atoms with E-state index in [2.05, 4.69) is 10.2 Å². The van der Waals surface area contributed by atoms with Gasteiger partial charge in [0.1, 0.15) is 11.5 Å². The molecule has 1 aromatic rings. The van der Waals surface area contributed by atoms with Crippen LogP contribution in [-0.4, -0.2) is 39.9 Å². The number of aromatic amines is 1. The third-order valence-electron chi connectivity index (χ3n) is 3.04. The second-order valence-corrected chi connectivity index (χ2v) is 4.04. The second-order valence-electron chi connectivity index (χ2n) is 4.04. The molecular formula is C11H15N3O2. The molecule has 1 aliphatic rings. The van der Waals surface area contributed by atoms with Crippen LogP contribution in [0.5, 0.6) is 0 Å². The molecule has 0 spiro atoms. The highest BCUT2D eigenvalue weighted by atomic mass is 16.2. The van der Waals surface area contributed by atoms with Gasteiger partial charge in [-0.3, -0.25) is 14.7 Å². The average Bonchev–Trinajstić information content (AvgIpc) is 2.82. The molecule has 0 radical (unpaired) electrons. The van der Waals surface area contributed by atoms with Crippen LogP contribution in [0.2, 0.25) is 0 Å². The zero-order chi connectivity index (χ0) is 11.5. The van der Waals surface area contributed by atoms with Crippen molar-refractivity contribution in [3.05, 3.63) is 18.0 Å². The molecule has 1 N–H and O–H groups in total. The van der Waals surface area contributed by atoms with Gasteiger partial charge in [0.25, 0.3) is 5.91 Å². The van der Waals surface area contributed by atoms with Crippen LogP contribution in [0.3, 0.4) is 0 Å². The number of likely N-dealkylation sites (tertiary alicyclic amines) is 1. The van der Waals surface area contributed by atoms with Crippen LogP contribution < -0.4 is 0 Å². The number of nitrogens with one attached hydrogen (secondary N) is 1. The normalized spacial score (nSPS) is 21.2. The zero-order valence-corrected chi connectivity index (χ0v) is 9.27. The van der Waals surface area contributed by atoms with E-state index in [9.17, 15) is 9.59 Å². The number of hydrogen-bond acceptors (Lipinski definition) is 3. The maximum absolute atomic E-state index is 12.0. The number of amides is 1. The van der Waals surface area contributed by atoms with Gasteiger partial charge in [-0.1, -0.05) is 6.92 Å². The molecule has 86 valence electrons. The van der Waals surface area contributed by atoms with Gasteiger partial charge >= 0.3 is 0 Å². The van der Waals surface area contributed by atoms with Crippen molar-refractivity contribution >= 4 is 11.7 Å². The minimum atomic E-state index is -0.0662. The number of piperidine rings is 1. The SMILES string of the molecule is CCC1CN(C(=O)c2ccn[nH]2)CCC1=O. The van der Waals surface area contributed by atoms with Crippen LogP contribution in [0.4, 0.5) is 0 Å². The van der Waals surface area contributed by atoms with Crippen molar-refractivity contribution in [2.45, 2.75) is 19.8 Å². The summed E-state index contributed by atoms with van der Waals surface area (Å²) in [6.45, 7) is 3.03. The lowest BCUT2D eigenvalue weighted by Crippen LogP contribution is -2.44. The minimum Gasteiger partial charge on any atom is -0.336 e. The molecule has 16 heavy (non-hydrogen) atoms. The molecule has 1 aliphatic heterocycles. The fraction of sp³-hybridized carbons (Fsp3) is 0.545. The Bertz CT molecular complexity index is 386. The molecule has 5 nitrogen and oxygen atoms in total. The van der Waals surface area contributed by atoms with Gasteiger partial charge in [0.05, 0.1) is 0 Å². The number of ketones is 1. The number of nitrogens with zero attached hydrogens (tertiary/aromatic N) is 2. The molecule has 2 rings (SSSR count). The molecule has 0 bridgehead atoms. The number of carbonyl (C=O) groups excluding carboxylic acids is 2. The molecule has 1 saturated heterocycles. The van der Waals surface area contributed by atoms with Crippen molar-refractivity contribution in [3.8, 4) is 0 Å². The van der Waals surface area contributed by atoms with Gasteiger partial charge in [-0.25, -0.2) is 0 Å². The van der Waals surface area contributed by atoms with E-state index in [1.54, 1.807) is 17.2 Å². The van der Waals surface area contributed by atoms with Crippen molar-refractivity contribution in [1.82, 2.24) is 15.1 Å². The van der Waals surface area contributed by atoms with E-state index in [1.165, 1.54) is 0 Å². The molecule has 2 heterocycles. The predicted molar refractivity (Wildman–Crippen MR) is 57.9 cm³/mol. The van der Waals surface area contributed by atoms with E-state index >= 15 is 0 Å². The fourth-order valence-corrected chi connectivity index (χ4v) is 1.99. The molecule has 1 fully saturated rings. The summed E-state index contributed by atoms with van der Waals surface area (Å²) in [6, 6.07) is 1.65. The van der Waals surface area contributed by atoms with Crippen LogP contribution in [0, 0.1) is 5.92 Å². The Hall–Kier alpha value is -1.65. The summed E-state index contributed by atoms with van der Waals surface area (Å²) in [5.41, 5.74) is 0.490. The number of H-pyrrole nitrogens is 1. The summed E-state index contributed by atoms with van der Waals surface area (Å²) in [5.74, 6) is 0.209. The quantitative estimate of drug-likeness (QED) is 0.805. The van der Waals surface area contributed by atoms with E-state index in [1.807, 2.05) is 6.92 Å². The van der Waals surface area contributed by atoms with Gasteiger partial charge < -0.3 is 4.90 Å². The van der Waals surface area contributed by atoms with Gasteiger partial charge in [0.2, 0.25) is 0 Å². The lowest BCUT2D eigenvalue weighted by molar-refractivity contribution is -0.125. The van der Waals surface area contributed by atoms with Crippen molar-refractivity contribution in [2.75, 3.05) is 13.1 Å². The Morgan fingerprint density at radius 3 is 3.12 bits per heavy atom.